The molecule has 0 fully saturated rings. The van der Waals surface area contributed by atoms with E-state index in [0.717, 1.165) is 29.5 Å². The molecule has 2 aromatic rings. The van der Waals surface area contributed by atoms with E-state index in [9.17, 15) is 8.78 Å². The van der Waals surface area contributed by atoms with E-state index in [-0.39, 0.29) is 21.3 Å². The van der Waals surface area contributed by atoms with Crippen molar-refractivity contribution in [1.82, 2.24) is 4.98 Å². The van der Waals surface area contributed by atoms with Gasteiger partial charge in [0.15, 0.2) is 5.13 Å². The number of aromatic nitrogens is 1. The zero-order valence-corrected chi connectivity index (χ0v) is 8.68. The van der Waals surface area contributed by atoms with Crippen LogP contribution in [-0.2, 0) is 0 Å². The lowest BCUT2D eigenvalue weighted by molar-refractivity contribution is 0.584. The van der Waals surface area contributed by atoms with Gasteiger partial charge >= 0.3 is 0 Å². The van der Waals surface area contributed by atoms with Crippen LogP contribution in [0.2, 0.25) is 0 Å². The Morgan fingerprint density at radius 2 is 1.88 bits per heavy atom. The second-order valence-corrected chi connectivity index (χ2v) is 4.03. The first-order valence-electron chi connectivity index (χ1n) is 4.23. The van der Waals surface area contributed by atoms with Crippen molar-refractivity contribution in [1.29, 1.82) is 5.26 Å². The lowest BCUT2D eigenvalue weighted by Gasteiger charge is -1.98. The molecule has 3 nitrogen and oxygen atoms in total. The normalized spacial score (nSPS) is 10.1. The van der Waals surface area contributed by atoms with Gasteiger partial charge in [-0.2, -0.15) is 5.26 Å². The van der Waals surface area contributed by atoms with Crippen LogP contribution in [0.3, 0.4) is 0 Å². The number of anilines is 1. The molecule has 0 bridgehead atoms. The van der Waals surface area contributed by atoms with Crippen molar-refractivity contribution < 1.29 is 8.78 Å². The van der Waals surface area contributed by atoms with Gasteiger partial charge in [-0.3, -0.25) is 0 Å². The first-order chi connectivity index (χ1) is 7.60. The summed E-state index contributed by atoms with van der Waals surface area (Å²) in [6, 6.07) is 4.86. The Morgan fingerprint density at radius 3 is 2.44 bits per heavy atom. The molecular formula is C10H5F2N3S. The number of hydrogen-bond donors (Lipinski definition) is 1. The summed E-state index contributed by atoms with van der Waals surface area (Å²) in [7, 11) is 0. The summed E-state index contributed by atoms with van der Waals surface area (Å²) in [5.41, 5.74) is 5.86. The third kappa shape index (κ3) is 1.85. The lowest BCUT2D eigenvalue weighted by atomic mass is 10.1. The van der Waals surface area contributed by atoms with Crippen LogP contribution >= 0.6 is 11.3 Å². The van der Waals surface area contributed by atoms with Crippen molar-refractivity contribution in [2.45, 2.75) is 0 Å². The number of nitrogens with zero attached hydrogens (tertiary/aromatic N) is 2. The minimum absolute atomic E-state index is 0.191. The van der Waals surface area contributed by atoms with E-state index in [2.05, 4.69) is 4.98 Å². The maximum Gasteiger partial charge on any atom is 0.181 e. The monoisotopic (exact) mass is 237 g/mol. The predicted octanol–water partition coefficient (Wildman–Crippen LogP) is 2.54. The summed E-state index contributed by atoms with van der Waals surface area (Å²) in [4.78, 5) is 4.11. The molecule has 0 saturated heterocycles. The first kappa shape index (κ1) is 10.5. The van der Waals surface area contributed by atoms with Crippen molar-refractivity contribution >= 4 is 16.5 Å². The summed E-state index contributed by atoms with van der Waals surface area (Å²) in [6.45, 7) is 0. The van der Waals surface area contributed by atoms with Crippen molar-refractivity contribution in [2.75, 3.05) is 5.73 Å². The van der Waals surface area contributed by atoms with E-state index >= 15 is 0 Å². The summed E-state index contributed by atoms with van der Waals surface area (Å²) >= 11 is 0.982. The summed E-state index contributed by atoms with van der Waals surface area (Å²) in [6.07, 6.45) is 0. The van der Waals surface area contributed by atoms with Crippen molar-refractivity contribution in [3.8, 4) is 17.3 Å². The predicted molar refractivity (Wildman–Crippen MR) is 56.6 cm³/mol. The van der Waals surface area contributed by atoms with Gasteiger partial charge < -0.3 is 5.73 Å². The quantitative estimate of drug-likeness (QED) is 0.828. The van der Waals surface area contributed by atoms with Crippen LogP contribution < -0.4 is 5.73 Å². The van der Waals surface area contributed by atoms with Gasteiger partial charge in [-0.05, 0) is 12.1 Å². The summed E-state index contributed by atoms with van der Waals surface area (Å²) in [5.74, 6) is -1.43. The molecule has 0 unspecified atom stereocenters. The fourth-order valence-corrected chi connectivity index (χ4v) is 1.95. The van der Waals surface area contributed by atoms with Crippen molar-refractivity contribution in [2.24, 2.45) is 0 Å². The smallest absolute Gasteiger partial charge is 0.181 e. The minimum atomic E-state index is -0.717. The summed E-state index contributed by atoms with van der Waals surface area (Å²) in [5, 5.41) is 9.00. The van der Waals surface area contributed by atoms with Gasteiger partial charge in [0.2, 0.25) is 0 Å². The summed E-state index contributed by atoms with van der Waals surface area (Å²) < 4.78 is 26.0. The van der Waals surface area contributed by atoms with Crippen LogP contribution in [0, 0.1) is 23.0 Å². The third-order valence-electron chi connectivity index (χ3n) is 1.88. The Labute approximate surface area is 93.8 Å². The van der Waals surface area contributed by atoms with Crippen molar-refractivity contribution in [3.63, 3.8) is 0 Å². The Morgan fingerprint density at radius 1 is 1.25 bits per heavy atom. The molecule has 1 aromatic carbocycles. The standard InChI is InChI=1S/C10H5F2N3S/c11-6-1-5(2-7(12)3-6)9-8(4-13)16-10(14)15-9/h1-3H,(H2,14,15). The van der Waals surface area contributed by atoms with Crippen LogP contribution in [-0.4, -0.2) is 4.98 Å². The molecule has 0 aliphatic carbocycles. The molecule has 1 heterocycles. The zero-order valence-electron chi connectivity index (χ0n) is 7.87. The highest BCUT2D eigenvalue weighted by molar-refractivity contribution is 7.16. The third-order valence-corrected chi connectivity index (χ3v) is 2.67. The molecule has 0 radical (unpaired) electrons. The van der Waals surface area contributed by atoms with Crippen LogP contribution in [0.25, 0.3) is 11.3 Å². The molecule has 16 heavy (non-hydrogen) atoms. The lowest BCUT2D eigenvalue weighted by Crippen LogP contribution is -1.87. The molecular weight excluding hydrogens is 232 g/mol. The maximum absolute atomic E-state index is 13.0. The van der Waals surface area contributed by atoms with Gasteiger partial charge in [-0.15, -0.1) is 0 Å². The van der Waals surface area contributed by atoms with Gasteiger partial charge in [0.1, 0.15) is 28.3 Å². The highest BCUT2D eigenvalue weighted by Gasteiger charge is 2.13. The van der Waals surface area contributed by atoms with Crippen LogP contribution in [0.5, 0.6) is 0 Å². The number of thiazole rings is 1. The van der Waals surface area contributed by atoms with Crippen molar-refractivity contribution in [3.05, 3.63) is 34.7 Å². The number of nitrogens with two attached hydrogens (primary N) is 1. The minimum Gasteiger partial charge on any atom is -0.375 e. The fourth-order valence-electron chi connectivity index (χ4n) is 1.30. The van der Waals surface area contributed by atoms with Gasteiger partial charge in [0.05, 0.1) is 0 Å². The van der Waals surface area contributed by atoms with Gasteiger partial charge in [-0.25, -0.2) is 13.8 Å². The Balaban J connectivity index is 2.63. The zero-order chi connectivity index (χ0) is 11.7. The van der Waals surface area contributed by atoms with Crippen LogP contribution in [0.1, 0.15) is 4.88 Å². The van der Waals surface area contributed by atoms with Crippen LogP contribution in [0.4, 0.5) is 13.9 Å². The van der Waals surface area contributed by atoms with Gasteiger partial charge in [0, 0.05) is 11.6 Å². The number of benzene rings is 1. The number of rotatable bonds is 1. The highest BCUT2D eigenvalue weighted by atomic mass is 32.1. The molecule has 80 valence electrons. The van der Waals surface area contributed by atoms with E-state index in [1.807, 2.05) is 6.07 Å². The Kier molecular flexibility index (Phi) is 2.54. The van der Waals surface area contributed by atoms with Gasteiger partial charge in [0.25, 0.3) is 0 Å². The topological polar surface area (TPSA) is 62.7 Å². The van der Waals surface area contributed by atoms with E-state index in [1.54, 1.807) is 0 Å². The van der Waals surface area contributed by atoms with Crippen LogP contribution in [0.15, 0.2) is 18.2 Å². The molecule has 0 saturated carbocycles. The van der Waals surface area contributed by atoms with E-state index < -0.39 is 11.6 Å². The molecule has 6 heteroatoms. The number of nitrogen functional groups attached to an aromatic ring is 1. The molecule has 0 aliphatic rings. The molecule has 0 amide bonds. The molecule has 1 aromatic heterocycles. The molecule has 0 atom stereocenters. The Bertz CT molecular complexity index is 566. The van der Waals surface area contributed by atoms with E-state index in [1.165, 1.54) is 0 Å². The second kappa shape index (κ2) is 3.87. The average Bonchev–Trinajstić information content (AvgIpc) is 2.58. The van der Waals surface area contributed by atoms with E-state index in [0.29, 0.717) is 0 Å². The van der Waals surface area contributed by atoms with Gasteiger partial charge in [-0.1, -0.05) is 11.3 Å². The molecule has 2 rings (SSSR count). The maximum atomic E-state index is 13.0. The number of halogens is 2. The number of hydrogen-bond acceptors (Lipinski definition) is 4. The SMILES string of the molecule is N#Cc1sc(N)nc1-c1cc(F)cc(F)c1. The second-order valence-electron chi connectivity index (χ2n) is 3.00. The molecule has 0 aliphatic heterocycles. The Hall–Kier alpha value is -2.00. The average molecular weight is 237 g/mol. The largest absolute Gasteiger partial charge is 0.375 e. The number of nitriles is 1. The fraction of sp³-hybridized carbons (Fsp3) is 0. The molecule has 2 N–H and O–H groups in total. The highest BCUT2D eigenvalue weighted by Crippen LogP contribution is 2.29. The first-order valence-corrected chi connectivity index (χ1v) is 5.04. The van der Waals surface area contributed by atoms with E-state index in [4.69, 9.17) is 11.0 Å². The molecule has 0 spiro atoms.